The summed E-state index contributed by atoms with van der Waals surface area (Å²) in [5.74, 6) is 0.221. The number of hydrogen-bond donors (Lipinski definition) is 3. The van der Waals surface area contributed by atoms with Gasteiger partial charge in [-0.15, -0.1) is 0 Å². The molecule has 1 amide bonds. The third-order valence-electron chi connectivity index (χ3n) is 3.89. The van der Waals surface area contributed by atoms with Gasteiger partial charge in [0.1, 0.15) is 0 Å². The van der Waals surface area contributed by atoms with Gasteiger partial charge in [-0.2, -0.15) is 0 Å². The molecule has 0 aliphatic heterocycles. The van der Waals surface area contributed by atoms with Crippen LogP contribution in [0.25, 0.3) is 0 Å². The van der Waals surface area contributed by atoms with Gasteiger partial charge in [-0.25, -0.2) is 0 Å². The Morgan fingerprint density at radius 2 is 2.05 bits per heavy atom. The van der Waals surface area contributed by atoms with E-state index in [2.05, 4.69) is 32.1 Å². The van der Waals surface area contributed by atoms with Crippen molar-refractivity contribution in [3.63, 3.8) is 0 Å². The van der Waals surface area contributed by atoms with Gasteiger partial charge < -0.3 is 5.32 Å². The van der Waals surface area contributed by atoms with E-state index in [1.165, 1.54) is 12.8 Å². The zero-order valence-electron chi connectivity index (χ0n) is 12.0. The van der Waals surface area contributed by atoms with E-state index in [1.807, 2.05) is 24.3 Å². The van der Waals surface area contributed by atoms with Crippen LogP contribution in [0.4, 0.5) is 0 Å². The average molecular weight is 370 g/mol. The quantitative estimate of drug-likeness (QED) is 0.566. The van der Waals surface area contributed by atoms with Crippen molar-refractivity contribution in [2.24, 2.45) is 5.92 Å². The van der Waals surface area contributed by atoms with E-state index in [1.54, 1.807) is 7.05 Å². The lowest BCUT2D eigenvalue weighted by atomic mass is 9.84. The molecule has 0 spiro atoms. The number of benzene rings is 1. The van der Waals surface area contributed by atoms with E-state index in [9.17, 15) is 4.79 Å². The summed E-state index contributed by atoms with van der Waals surface area (Å²) >= 11 is 8.47. The summed E-state index contributed by atoms with van der Waals surface area (Å²) in [6.07, 6.45) is 4.60. The summed E-state index contributed by atoms with van der Waals surface area (Å²) in [6, 6.07) is 7.99. The lowest BCUT2D eigenvalue weighted by Gasteiger charge is -2.23. The molecule has 0 radical (unpaired) electrons. The van der Waals surface area contributed by atoms with E-state index in [-0.39, 0.29) is 11.8 Å². The minimum absolute atomic E-state index is 0.0300. The number of hydrogen-bond acceptors (Lipinski definition) is 2. The van der Waals surface area contributed by atoms with Gasteiger partial charge in [-0.1, -0.05) is 40.9 Å². The maximum Gasteiger partial charge on any atom is 0.246 e. The van der Waals surface area contributed by atoms with E-state index in [0.29, 0.717) is 11.0 Å². The van der Waals surface area contributed by atoms with Gasteiger partial charge >= 0.3 is 0 Å². The molecule has 6 heteroatoms. The van der Waals surface area contributed by atoms with Crippen LogP contribution in [0.3, 0.4) is 0 Å². The lowest BCUT2D eigenvalue weighted by Crippen LogP contribution is -2.48. The molecule has 3 N–H and O–H groups in total. The van der Waals surface area contributed by atoms with Crippen LogP contribution >= 0.6 is 28.1 Å². The molecule has 0 saturated heterocycles. The smallest absolute Gasteiger partial charge is 0.246 e. The molecule has 1 aromatic rings. The molecular weight excluding hydrogens is 350 g/mol. The Morgan fingerprint density at radius 3 is 2.67 bits per heavy atom. The number of carbonyl (C=O) groups excluding carboxylic acids is 1. The van der Waals surface area contributed by atoms with Crippen molar-refractivity contribution in [3.05, 3.63) is 34.3 Å². The monoisotopic (exact) mass is 369 g/mol. The first-order valence-electron chi connectivity index (χ1n) is 7.15. The lowest BCUT2D eigenvalue weighted by molar-refractivity contribution is -0.124. The van der Waals surface area contributed by atoms with Gasteiger partial charge in [0.25, 0.3) is 0 Å². The largest absolute Gasteiger partial charge is 0.364 e. The molecule has 1 unspecified atom stereocenters. The molecule has 1 aliphatic carbocycles. The molecular formula is C15H20BrN3OS. The van der Waals surface area contributed by atoms with E-state index < -0.39 is 0 Å². The van der Waals surface area contributed by atoms with E-state index in [0.717, 1.165) is 22.9 Å². The minimum atomic E-state index is -0.142. The van der Waals surface area contributed by atoms with Gasteiger partial charge in [-0.05, 0) is 48.7 Å². The summed E-state index contributed by atoms with van der Waals surface area (Å²) in [6.45, 7) is 0. The number of rotatable bonds is 3. The highest BCUT2D eigenvalue weighted by molar-refractivity contribution is 9.10. The Balaban J connectivity index is 2.15. The fourth-order valence-electron chi connectivity index (χ4n) is 2.89. The van der Waals surface area contributed by atoms with Crippen LogP contribution in [0.15, 0.2) is 28.7 Å². The Labute approximate surface area is 139 Å². The van der Waals surface area contributed by atoms with Crippen LogP contribution in [0.1, 0.15) is 37.2 Å². The topological polar surface area (TPSA) is 53.2 Å². The molecule has 0 bridgehead atoms. The van der Waals surface area contributed by atoms with Gasteiger partial charge in [-0.3, -0.25) is 15.6 Å². The van der Waals surface area contributed by atoms with Gasteiger partial charge in [0.2, 0.25) is 5.91 Å². The predicted molar refractivity (Wildman–Crippen MR) is 91.8 cm³/mol. The summed E-state index contributed by atoms with van der Waals surface area (Å²) < 4.78 is 0.995. The highest BCUT2D eigenvalue weighted by Crippen LogP contribution is 2.38. The fraction of sp³-hybridized carbons (Fsp3) is 0.467. The highest BCUT2D eigenvalue weighted by atomic mass is 79.9. The second-order valence-corrected chi connectivity index (χ2v) is 6.59. The van der Waals surface area contributed by atoms with Gasteiger partial charge in [0, 0.05) is 11.5 Å². The molecule has 2 rings (SSSR count). The molecule has 1 aliphatic rings. The number of carbonyl (C=O) groups is 1. The van der Waals surface area contributed by atoms with Crippen LogP contribution in [-0.4, -0.2) is 18.1 Å². The van der Waals surface area contributed by atoms with Crippen molar-refractivity contribution in [3.8, 4) is 0 Å². The van der Waals surface area contributed by atoms with Crippen LogP contribution in [0, 0.1) is 5.92 Å². The Bertz CT molecular complexity index is 517. The number of hydrazine groups is 1. The second kappa shape index (κ2) is 7.75. The van der Waals surface area contributed by atoms with Crippen molar-refractivity contribution in [2.45, 2.75) is 31.6 Å². The van der Waals surface area contributed by atoms with Crippen molar-refractivity contribution < 1.29 is 4.79 Å². The maximum atomic E-state index is 12.6. The first-order chi connectivity index (χ1) is 10.1. The number of nitrogens with one attached hydrogen (secondary N) is 3. The zero-order valence-corrected chi connectivity index (χ0v) is 14.4. The third-order valence-corrected chi connectivity index (χ3v) is 4.69. The first kappa shape index (κ1) is 16.2. The summed E-state index contributed by atoms with van der Waals surface area (Å²) in [5.41, 5.74) is 6.50. The molecule has 1 fully saturated rings. The highest BCUT2D eigenvalue weighted by Gasteiger charge is 2.32. The number of amides is 1. The average Bonchev–Trinajstić information content (AvgIpc) is 2.99. The molecule has 4 nitrogen and oxygen atoms in total. The maximum absolute atomic E-state index is 12.6. The van der Waals surface area contributed by atoms with Crippen LogP contribution in [0.5, 0.6) is 0 Å². The van der Waals surface area contributed by atoms with E-state index >= 15 is 0 Å². The zero-order chi connectivity index (χ0) is 15.2. The third kappa shape index (κ3) is 4.41. The summed E-state index contributed by atoms with van der Waals surface area (Å²) in [7, 11) is 1.71. The molecule has 21 heavy (non-hydrogen) atoms. The van der Waals surface area contributed by atoms with Crippen LogP contribution < -0.4 is 16.2 Å². The second-order valence-electron chi connectivity index (χ2n) is 5.27. The van der Waals surface area contributed by atoms with Crippen molar-refractivity contribution in [1.29, 1.82) is 0 Å². The molecule has 0 heterocycles. The number of thiocarbonyl (C=S) groups is 1. The standard InChI is InChI=1S/C15H20BrN3OS/c1-17-15(21)19-18-14(20)13(10-5-2-3-6-10)11-7-4-8-12(16)9-11/h4,7-10,13H,2-3,5-6H2,1H3,(H,18,20)(H2,17,19,21). The Hall–Kier alpha value is -1.14. The Kier molecular flexibility index (Phi) is 5.99. The Morgan fingerprint density at radius 1 is 1.33 bits per heavy atom. The number of halogens is 1. The fourth-order valence-corrected chi connectivity index (χ4v) is 3.35. The van der Waals surface area contributed by atoms with Crippen LogP contribution in [0.2, 0.25) is 0 Å². The van der Waals surface area contributed by atoms with Gasteiger partial charge in [0.15, 0.2) is 5.11 Å². The van der Waals surface area contributed by atoms with Crippen molar-refractivity contribution in [2.75, 3.05) is 7.05 Å². The van der Waals surface area contributed by atoms with Crippen molar-refractivity contribution >= 4 is 39.2 Å². The molecule has 1 atom stereocenters. The van der Waals surface area contributed by atoms with E-state index in [4.69, 9.17) is 12.2 Å². The molecule has 114 valence electrons. The minimum Gasteiger partial charge on any atom is -0.364 e. The normalized spacial score (nSPS) is 16.3. The first-order valence-corrected chi connectivity index (χ1v) is 8.35. The van der Waals surface area contributed by atoms with Crippen molar-refractivity contribution in [1.82, 2.24) is 16.2 Å². The SMILES string of the molecule is CNC(=S)NNC(=O)C(c1cccc(Br)c1)C1CCCC1. The van der Waals surface area contributed by atoms with Crippen LogP contribution in [-0.2, 0) is 4.79 Å². The molecule has 1 aromatic carbocycles. The summed E-state index contributed by atoms with van der Waals surface area (Å²) in [4.78, 5) is 12.6. The predicted octanol–water partition coefficient (Wildman–Crippen LogP) is 2.85. The molecule has 0 aromatic heterocycles. The molecule has 1 saturated carbocycles. The summed E-state index contributed by atoms with van der Waals surface area (Å²) in [5, 5.41) is 3.18. The van der Waals surface area contributed by atoms with Gasteiger partial charge in [0.05, 0.1) is 5.92 Å².